The van der Waals surface area contributed by atoms with Gasteiger partial charge in [0, 0.05) is 22.4 Å². The Bertz CT molecular complexity index is 986. The van der Waals surface area contributed by atoms with E-state index in [9.17, 15) is 19.7 Å². The van der Waals surface area contributed by atoms with Crippen LogP contribution in [0, 0.1) is 10.1 Å². The Morgan fingerprint density at radius 1 is 1.07 bits per heavy atom. The molecule has 0 saturated heterocycles. The SMILES string of the molecule is CC(C)SC1=C(c2ccc([N+](=O)[O-])cc2)C(=O)N(Cc2ccccc2Cl)C1=O. The van der Waals surface area contributed by atoms with Crippen LogP contribution in [-0.4, -0.2) is 26.9 Å². The van der Waals surface area contributed by atoms with E-state index in [0.717, 1.165) is 0 Å². The molecule has 0 saturated carbocycles. The molecule has 0 fully saturated rings. The molecule has 28 heavy (non-hydrogen) atoms. The summed E-state index contributed by atoms with van der Waals surface area (Å²) >= 11 is 7.49. The van der Waals surface area contributed by atoms with E-state index in [-0.39, 0.29) is 29.0 Å². The monoisotopic (exact) mass is 416 g/mol. The molecule has 0 N–H and O–H groups in total. The molecule has 3 rings (SSSR count). The Labute approximate surface area is 171 Å². The highest BCUT2D eigenvalue weighted by Crippen LogP contribution is 2.39. The molecule has 0 spiro atoms. The molecule has 2 aromatic carbocycles. The number of hydrogen-bond acceptors (Lipinski definition) is 5. The number of non-ortho nitro benzene ring substituents is 1. The van der Waals surface area contributed by atoms with Gasteiger partial charge in [0.2, 0.25) is 0 Å². The maximum Gasteiger partial charge on any atom is 0.269 e. The van der Waals surface area contributed by atoms with Crippen molar-refractivity contribution < 1.29 is 14.5 Å². The zero-order chi connectivity index (χ0) is 20.4. The maximum atomic E-state index is 13.1. The van der Waals surface area contributed by atoms with Crippen LogP contribution >= 0.6 is 23.4 Å². The number of hydrogen-bond donors (Lipinski definition) is 0. The van der Waals surface area contributed by atoms with Gasteiger partial charge in [-0.1, -0.05) is 43.6 Å². The molecule has 1 aliphatic rings. The Balaban J connectivity index is 2.00. The van der Waals surface area contributed by atoms with Gasteiger partial charge in [0.15, 0.2) is 0 Å². The molecule has 0 bridgehead atoms. The average molecular weight is 417 g/mol. The number of nitrogens with zero attached hydrogens (tertiary/aromatic N) is 2. The van der Waals surface area contributed by atoms with Gasteiger partial charge in [0.05, 0.1) is 21.9 Å². The van der Waals surface area contributed by atoms with E-state index in [1.807, 2.05) is 13.8 Å². The van der Waals surface area contributed by atoms with Crippen molar-refractivity contribution in [3.05, 3.63) is 79.7 Å². The normalized spacial score (nSPS) is 14.4. The molecular formula is C20H17ClN2O4S. The van der Waals surface area contributed by atoms with Crippen molar-refractivity contribution in [2.75, 3.05) is 0 Å². The average Bonchev–Trinajstić information content (AvgIpc) is 2.87. The molecular weight excluding hydrogens is 400 g/mol. The molecule has 0 atom stereocenters. The van der Waals surface area contributed by atoms with Crippen LogP contribution in [0.5, 0.6) is 0 Å². The number of imide groups is 1. The summed E-state index contributed by atoms with van der Waals surface area (Å²) in [6, 6.07) is 12.7. The predicted octanol–water partition coefficient (Wildman–Crippen LogP) is 4.67. The summed E-state index contributed by atoms with van der Waals surface area (Å²) in [6.07, 6.45) is 0. The largest absolute Gasteiger partial charge is 0.269 e. The van der Waals surface area contributed by atoms with E-state index in [2.05, 4.69) is 0 Å². The molecule has 0 radical (unpaired) electrons. The number of halogens is 1. The van der Waals surface area contributed by atoms with Gasteiger partial charge in [-0.25, -0.2) is 0 Å². The third kappa shape index (κ3) is 3.95. The zero-order valence-corrected chi connectivity index (χ0v) is 16.8. The number of thioether (sulfide) groups is 1. The van der Waals surface area contributed by atoms with Crippen LogP contribution in [0.4, 0.5) is 5.69 Å². The molecule has 1 heterocycles. The molecule has 2 amide bonds. The first-order chi connectivity index (χ1) is 13.3. The summed E-state index contributed by atoms with van der Waals surface area (Å²) < 4.78 is 0. The van der Waals surface area contributed by atoms with Gasteiger partial charge in [-0.15, -0.1) is 11.8 Å². The van der Waals surface area contributed by atoms with Crippen LogP contribution in [-0.2, 0) is 16.1 Å². The van der Waals surface area contributed by atoms with Crippen molar-refractivity contribution in [3.63, 3.8) is 0 Å². The number of benzene rings is 2. The summed E-state index contributed by atoms with van der Waals surface area (Å²) in [6.45, 7) is 3.93. The van der Waals surface area contributed by atoms with Crippen molar-refractivity contribution >= 4 is 46.4 Å². The minimum absolute atomic E-state index is 0.0655. The fourth-order valence-corrected chi connectivity index (χ4v) is 4.04. The lowest BCUT2D eigenvalue weighted by Gasteiger charge is -2.16. The number of nitro benzene ring substituents is 1. The topological polar surface area (TPSA) is 80.5 Å². The van der Waals surface area contributed by atoms with Crippen LogP contribution < -0.4 is 0 Å². The van der Waals surface area contributed by atoms with Crippen LogP contribution in [0.1, 0.15) is 25.0 Å². The van der Waals surface area contributed by atoms with E-state index >= 15 is 0 Å². The Kier molecular flexibility index (Phi) is 5.86. The van der Waals surface area contributed by atoms with Crippen molar-refractivity contribution in [3.8, 4) is 0 Å². The van der Waals surface area contributed by atoms with Crippen molar-refractivity contribution in [2.45, 2.75) is 25.6 Å². The standard InChI is InChI=1S/C20H17ClN2O4S/c1-12(2)28-18-17(13-7-9-15(10-8-13)23(26)27)19(24)22(20(18)25)11-14-5-3-4-6-16(14)21/h3-10,12H,11H2,1-2H3. The highest BCUT2D eigenvalue weighted by atomic mass is 35.5. The minimum atomic E-state index is -0.507. The number of rotatable bonds is 6. The number of carbonyl (C=O) groups excluding carboxylic acids is 2. The van der Waals surface area contributed by atoms with Crippen LogP contribution in [0.15, 0.2) is 53.4 Å². The second-order valence-corrected chi connectivity index (χ2v) is 8.46. The molecule has 0 aliphatic carbocycles. The lowest BCUT2D eigenvalue weighted by molar-refractivity contribution is -0.384. The molecule has 2 aromatic rings. The molecule has 6 nitrogen and oxygen atoms in total. The lowest BCUT2D eigenvalue weighted by Crippen LogP contribution is -2.31. The van der Waals surface area contributed by atoms with Crippen LogP contribution in [0.25, 0.3) is 5.57 Å². The first kappa shape index (κ1) is 20.1. The van der Waals surface area contributed by atoms with E-state index < -0.39 is 10.8 Å². The van der Waals surface area contributed by atoms with Gasteiger partial charge < -0.3 is 0 Å². The fraction of sp³-hybridized carbons (Fsp3) is 0.200. The Morgan fingerprint density at radius 2 is 1.71 bits per heavy atom. The first-order valence-corrected chi connectivity index (χ1v) is 9.80. The summed E-state index contributed by atoms with van der Waals surface area (Å²) in [5.74, 6) is -0.807. The van der Waals surface area contributed by atoms with E-state index in [1.54, 1.807) is 24.3 Å². The van der Waals surface area contributed by atoms with Gasteiger partial charge in [0.25, 0.3) is 17.5 Å². The third-order valence-corrected chi connectivity index (χ3v) is 5.59. The van der Waals surface area contributed by atoms with E-state index in [4.69, 9.17) is 11.6 Å². The van der Waals surface area contributed by atoms with E-state index in [0.29, 0.717) is 21.1 Å². The number of carbonyl (C=O) groups is 2. The molecule has 0 aromatic heterocycles. The summed E-state index contributed by atoms with van der Waals surface area (Å²) in [7, 11) is 0. The zero-order valence-electron chi connectivity index (χ0n) is 15.2. The van der Waals surface area contributed by atoms with Crippen molar-refractivity contribution in [1.29, 1.82) is 0 Å². The second-order valence-electron chi connectivity index (χ2n) is 6.46. The van der Waals surface area contributed by atoms with Gasteiger partial charge in [-0.3, -0.25) is 24.6 Å². The Hall–Kier alpha value is -2.64. The van der Waals surface area contributed by atoms with Crippen LogP contribution in [0.3, 0.4) is 0 Å². The van der Waals surface area contributed by atoms with Gasteiger partial charge in [-0.2, -0.15) is 0 Å². The number of amides is 2. The highest BCUT2D eigenvalue weighted by molar-refractivity contribution is 8.04. The van der Waals surface area contributed by atoms with Crippen molar-refractivity contribution in [2.24, 2.45) is 0 Å². The smallest absolute Gasteiger partial charge is 0.269 e. The fourth-order valence-electron chi connectivity index (χ4n) is 2.84. The highest BCUT2D eigenvalue weighted by Gasteiger charge is 2.39. The third-order valence-electron chi connectivity index (χ3n) is 4.13. The minimum Gasteiger partial charge on any atom is -0.269 e. The van der Waals surface area contributed by atoms with Gasteiger partial charge in [-0.05, 0) is 29.3 Å². The second kappa shape index (κ2) is 8.16. The molecule has 8 heteroatoms. The van der Waals surface area contributed by atoms with Crippen molar-refractivity contribution in [1.82, 2.24) is 4.90 Å². The number of nitro groups is 1. The predicted molar refractivity (Wildman–Crippen MR) is 110 cm³/mol. The quantitative estimate of drug-likeness (QED) is 0.388. The Morgan fingerprint density at radius 3 is 2.29 bits per heavy atom. The molecule has 1 aliphatic heterocycles. The first-order valence-electron chi connectivity index (χ1n) is 8.55. The molecule has 144 valence electrons. The summed E-state index contributed by atoms with van der Waals surface area (Å²) in [5.41, 5.74) is 1.34. The van der Waals surface area contributed by atoms with Gasteiger partial charge >= 0.3 is 0 Å². The maximum absolute atomic E-state index is 13.1. The van der Waals surface area contributed by atoms with Gasteiger partial charge in [0.1, 0.15) is 0 Å². The van der Waals surface area contributed by atoms with E-state index in [1.165, 1.54) is 40.9 Å². The van der Waals surface area contributed by atoms with Crippen LogP contribution in [0.2, 0.25) is 5.02 Å². The lowest BCUT2D eigenvalue weighted by atomic mass is 10.1. The molecule has 0 unspecified atom stereocenters. The summed E-state index contributed by atoms with van der Waals surface area (Å²) in [4.78, 5) is 38.0. The summed E-state index contributed by atoms with van der Waals surface area (Å²) in [5, 5.41) is 11.5.